The Labute approximate surface area is 117 Å². The molecule has 1 unspecified atom stereocenters. The third-order valence-electron chi connectivity index (χ3n) is 5.26. The highest BCUT2D eigenvalue weighted by Gasteiger charge is 2.37. The Morgan fingerprint density at radius 3 is 2.37 bits per heavy atom. The molecule has 0 fully saturated rings. The zero-order valence-electron chi connectivity index (χ0n) is 13.2. The number of nitrogens with zero attached hydrogens (tertiary/aromatic N) is 1. The minimum absolute atomic E-state index is 0.198. The van der Waals surface area contributed by atoms with E-state index in [1.165, 1.54) is 11.3 Å². The van der Waals surface area contributed by atoms with E-state index < -0.39 is 0 Å². The van der Waals surface area contributed by atoms with E-state index in [2.05, 4.69) is 51.4 Å². The third-order valence-corrected chi connectivity index (χ3v) is 5.26. The van der Waals surface area contributed by atoms with Crippen molar-refractivity contribution in [1.29, 1.82) is 0 Å². The van der Waals surface area contributed by atoms with Gasteiger partial charge in [0.15, 0.2) is 0 Å². The van der Waals surface area contributed by atoms with E-state index in [0.29, 0.717) is 0 Å². The van der Waals surface area contributed by atoms with Crippen molar-refractivity contribution in [2.75, 3.05) is 0 Å². The van der Waals surface area contributed by atoms with Crippen LogP contribution in [-0.4, -0.2) is 9.67 Å². The van der Waals surface area contributed by atoms with Crippen LogP contribution in [0.15, 0.2) is 12.3 Å². The normalized spacial score (nSPS) is 22.3. The van der Waals surface area contributed by atoms with E-state index in [4.69, 9.17) is 0 Å². The molecule has 0 spiro atoms. The second-order valence-electron chi connectivity index (χ2n) is 6.93. The molecule has 1 N–H and O–H groups in total. The number of aliphatic hydroxyl groups is 1. The maximum Gasteiger partial charge on any atom is 0.0812 e. The third kappa shape index (κ3) is 2.35. The van der Waals surface area contributed by atoms with Crippen LogP contribution in [0.25, 0.3) is 0 Å². The number of fused-ring (bicyclic) bond motifs is 1. The summed E-state index contributed by atoms with van der Waals surface area (Å²) in [6.45, 7) is 11.4. The van der Waals surface area contributed by atoms with Crippen LogP contribution in [0.2, 0.25) is 0 Å². The van der Waals surface area contributed by atoms with Gasteiger partial charge in [0, 0.05) is 23.0 Å². The van der Waals surface area contributed by atoms with Crippen LogP contribution in [-0.2, 0) is 12.0 Å². The Kier molecular flexibility index (Phi) is 3.83. The molecule has 2 heteroatoms. The summed E-state index contributed by atoms with van der Waals surface area (Å²) in [6.07, 6.45) is 7.33. The summed E-state index contributed by atoms with van der Waals surface area (Å²) in [6, 6.07) is 2.14. The number of hydrogen-bond donors (Lipinski definition) is 1. The van der Waals surface area contributed by atoms with Gasteiger partial charge < -0.3 is 9.67 Å². The van der Waals surface area contributed by atoms with Crippen LogP contribution in [0.3, 0.4) is 0 Å². The smallest absolute Gasteiger partial charge is 0.0812 e. The quantitative estimate of drug-likeness (QED) is 0.854. The lowest BCUT2D eigenvalue weighted by Gasteiger charge is -2.39. The Bertz CT molecular complexity index is 432. The molecule has 1 heterocycles. The van der Waals surface area contributed by atoms with Gasteiger partial charge in [-0.3, -0.25) is 0 Å². The molecular formula is C17H29NO. The van der Waals surface area contributed by atoms with Crippen molar-refractivity contribution in [2.24, 2.45) is 5.41 Å². The second kappa shape index (κ2) is 4.97. The van der Waals surface area contributed by atoms with Crippen LogP contribution < -0.4 is 0 Å². The number of rotatable bonds is 4. The molecule has 108 valence electrons. The fourth-order valence-electron chi connectivity index (χ4n) is 3.83. The van der Waals surface area contributed by atoms with E-state index in [1.54, 1.807) is 0 Å². The Hall–Kier alpha value is -0.760. The highest BCUT2D eigenvalue weighted by molar-refractivity contribution is 5.30. The molecule has 0 aromatic carbocycles. The van der Waals surface area contributed by atoms with Crippen molar-refractivity contribution >= 4 is 0 Å². The summed E-state index contributed by atoms with van der Waals surface area (Å²) in [4.78, 5) is 0. The molecule has 1 aromatic rings. The molecule has 1 aliphatic rings. The molecule has 2 nitrogen and oxygen atoms in total. The Morgan fingerprint density at radius 2 is 1.84 bits per heavy atom. The van der Waals surface area contributed by atoms with Gasteiger partial charge in [-0.25, -0.2) is 0 Å². The van der Waals surface area contributed by atoms with Crippen molar-refractivity contribution in [1.82, 2.24) is 4.57 Å². The lowest BCUT2D eigenvalue weighted by molar-refractivity contribution is 0.0947. The minimum Gasteiger partial charge on any atom is -0.388 e. The fourth-order valence-corrected chi connectivity index (χ4v) is 3.83. The van der Waals surface area contributed by atoms with Crippen LogP contribution in [0.1, 0.15) is 77.7 Å². The summed E-state index contributed by atoms with van der Waals surface area (Å²) >= 11 is 0. The average Bonchev–Trinajstić information content (AvgIpc) is 2.75. The molecule has 0 radical (unpaired) electrons. The predicted molar refractivity (Wildman–Crippen MR) is 80.3 cm³/mol. The SMILES string of the molecule is CCC(CC)(CC)n1ccc2c1CC(C)(C)CC2O. The Morgan fingerprint density at radius 1 is 1.26 bits per heavy atom. The maximum atomic E-state index is 10.4. The van der Waals surface area contributed by atoms with Gasteiger partial charge >= 0.3 is 0 Å². The highest BCUT2D eigenvalue weighted by atomic mass is 16.3. The van der Waals surface area contributed by atoms with Gasteiger partial charge in [-0.15, -0.1) is 0 Å². The zero-order valence-corrected chi connectivity index (χ0v) is 13.2. The molecule has 0 bridgehead atoms. The van der Waals surface area contributed by atoms with E-state index in [1.807, 2.05) is 0 Å². The summed E-state index contributed by atoms with van der Waals surface area (Å²) in [5.41, 5.74) is 2.96. The van der Waals surface area contributed by atoms with Crippen molar-refractivity contribution in [3.8, 4) is 0 Å². The first-order valence-corrected chi connectivity index (χ1v) is 7.78. The van der Waals surface area contributed by atoms with Gasteiger partial charge in [-0.2, -0.15) is 0 Å². The van der Waals surface area contributed by atoms with E-state index >= 15 is 0 Å². The monoisotopic (exact) mass is 263 g/mol. The lowest BCUT2D eigenvalue weighted by Crippen LogP contribution is -2.35. The molecule has 1 aromatic heterocycles. The van der Waals surface area contributed by atoms with E-state index in [0.717, 1.165) is 32.1 Å². The molecule has 2 rings (SSSR count). The summed E-state index contributed by atoms with van der Waals surface area (Å²) in [5, 5.41) is 10.4. The summed E-state index contributed by atoms with van der Waals surface area (Å²) in [5.74, 6) is 0. The molecule has 0 amide bonds. The van der Waals surface area contributed by atoms with Gasteiger partial charge in [-0.05, 0) is 43.6 Å². The van der Waals surface area contributed by atoms with Gasteiger partial charge in [0.2, 0.25) is 0 Å². The minimum atomic E-state index is -0.289. The van der Waals surface area contributed by atoms with Crippen LogP contribution in [0.4, 0.5) is 0 Å². The Balaban J connectivity index is 2.51. The largest absolute Gasteiger partial charge is 0.388 e. The van der Waals surface area contributed by atoms with E-state index in [-0.39, 0.29) is 17.1 Å². The molecule has 0 saturated heterocycles. The predicted octanol–water partition coefficient (Wildman–Crippen LogP) is 4.42. The molecule has 19 heavy (non-hydrogen) atoms. The molecule has 1 aliphatic carbocycles. The first-order valence-electron chi connectivity index (χ1n) is 7.78. The van der Waals surface area contributed by atoms with Crippen molar-refractivity contribution in [2.45, 2.75) is 78.4 Å². The summed E-state index contributed by atoms with van der Waals surface area (Å²) in [7, 11) is 0. The summed E-state index contributed by atoms with van der Waals surface area (Å²) < 4.78 is 2.48. The molecule has 0 saturated carbocycles. The van der Waals surface area contributed by atoms with Gasteiger partial charge in [0.05, 0.1) is 6.10 Å². The van der Waals surface area contributed by atoms with Crippen molar-refractivity contribution < 1.29 is 5.11 Å². The van der Waals surface area contributed by atoms with Crippen LogP contribution in [0.5, 0.6) is 0 Å². The topological polar surface area (TPSA) is 25.2 Å². The van der Waals surface area contributed by atoms with Crippen LogP contribution in [0, 0.1) is 5.41 Å². The number of aromatic nitrogens is 1. The first-order chi connectivity index (χ1) is 8.89. The molecule has 0 aliphatic heterocycles. The van der Waals surface area contributed by atoms with Crippen molar-refractivity contribution in [3.63, 3.8) is 0 Å². The first kappa shape index (κ1) is 14.6. The van der Waals surface area contributed by atoms with Gasteiger partial charge in [0.25, 0.3) is 0 Å². The van der Waals surface area contributed by atoms with Crippen LogP contribution >= 0.6 is 0 Å². The van der Waals surface area contributed by atoms with Crippen molar-refractivity contribution in [3.05, 3.63) is 23.5 Å². The lowest BCUT2D eigenvalue weighted by atomic mass is 9.75. The number of aliphatic hydroxyl groups excluding tert-OH is 1. The van der Waals surface area contributed by atoms with E-state index in [9.17, 15) is 5.11 Å². The van der Waals surface area contributed by atoms with Gasteiger partial charge in [0.1, 0.15) is 0 Å². The van der Waals surface area contributed by atoms with Gasteiger partial charge in [-0.1, -0.05) is 34.6 Å². The molecular weight excluding hydrogens is 234 g/mol. The molecule has 1 atom stereocenters. The highest BCUT2D eigenvalue weighted by Crippen LogP contribution is 2.44. The standard InChI is InChI=1S/C17H29NO/c1-6-17(7-2,8-3)18-10-9-13-14(18)11-16(4,5)12-15(13)19/h9-10,15,19H,6-8,11-12H2,1-5H3. The average molecular weight is 263 g/mol. The maximum absolute atomic E-state index is 10.4. The second-order valence-corrected chi connectivity index (χ2v) is 6.93. The number of hydrogen-bond acceptors (Lipinski definition) is 1. The fraction of sp³-hybridized carbons (Fsp3) is 0.765. The zero-order chi connectivity index (χ0) is 14.3.